The predicted octanol–water partition coefficient (Wildman–Crippen LogP) is 4.50. The van der Waals surface area contributed by atoms with E-state index in [0.717, 1.165) is 14.9 Å². The molecule has 0 radical (unpaired) electrons. The second-order valence-corrected chi connectivity index (χ2v) is 6.85. The quantitative estimate of drug-likeness (QED) is 0.752. The number of thioether (sulfide) groups is 1. The number of benzene rings is 1. The Morgan fingerprint density at radius 2 is 2.16 bits per heavy atom. The molecule has 19 heavy (non-hydrogen) atoms. The third-order valence-corrected chi connectivity index (χ3v) is 5.18. The van der Waals surface area contributed by atoms with Crippen LogP contribution < -0.4 is 0 Å². The van der Waals surface area contributed by atoms with Crippen molar-refractivity contribution in [1.82, 2.24) is 4.90 Å². The van der Waals surface area contributed by atoms with Crippen molar-refractivity contribution in [3.8, 4) is 0 Å². The predicted molar refractivity (Wildman–Crippen MR) is 86.0 cm³/mol. The minimum atomic E-state index is 0.0643. The molecule has 5 heteroatoms. The largest absolute Gasteiger partial charge is 0.337 e. The van der Waals surface area contributed by atoms with Crippen molar-refractivity contribution < 1.29 is 4.79 Å². The summed E-state index contributed by atoms with van der Waals surface area (Å²) < 4.78 is 1.07. The molecule has 0 saturated carbocycles. The van der Waals surface area contributed by atoms with Crippen LogP contribution in [0.1, 0.15) is 15.2 Å². The molecule has 0 aliphatic rings. The van der Waals surface area contributed by atoms with E-state index in [4.69, 9.17) is 0 Å². The van der Waals surface area contributed by atoms with Crippen LogP contribution in [0.15, 0.2) is 45.1 Å². The number of hydrogen-bond acceptors (Lipinski definition) is 3. The molecular formula is C14H14BrNOS2. The van der Waals surface area contributed by atoms with Crippen molar-refractivity contribution in [1.29, 1.82) is 0 Å². The molecule has 0 atom stereocenters. The SMILES string of the molecule is CSc1ccccc1C(=O)N(C)Cc1cc(Br)cs1. The van der Waals surface area contributed by atoms with E-state index in [1.54, 1.807) is 28.0 Å². The lowest BCUT2D eigenvalue weighted by atomic mass is 10.2. The fourth-order valence-corrected chi connectivity index (χ4v) is 3.86. The van der Waals surface area contributed by atoms with Gasteiger partial charge in [0, 0.05) is 26.7 Å². The summed E-state index contributed by atoms with van der Waals surface area (Å²) in [7, 11) is 1.84. The Labute approximate surface area is 130 Å². The first-order valence-corrected chi connectivity index (χ1v) is 8.63. The van der Waals surface area contributed by atoms with Gasteiger partial charge in [-0.2, -0.15) is 0 Å². The van der Waals surface area contributed by atoms with E-state index in [0.29, 0.717) is 6.54 Å². The summed E-state index contributed by atoms with van der Waals surface area (Å²) in [4.78, 5) is 16.4. The Morgan fingerprint density at radius 3 is 2.79 bits per heavy atom. The van der Waals surface area contributed by atoms with E-state index in [1.165, 1.54) is 4.88 Å². The lowest BCUT2D eigenvalue weighted by Gasteiger charge is -2.17. The molecule has 2 rings (SSSR count). The number of thiophene rings is 1. The van der Waals surface area contributed by atoms with Crippen LogP contribution in [-0.2, 0) is 6.54 Å². The van der Waals surface area contributed by atoms with Gasteiger partial charge in [0.05, 0.1) is 12.1 Å². The van der Waals surface area contributed by atoms with E-state index in [9.17, 15) is 4.79 Å². The van der Waals surface area contributed by atoms with Gasteiger partial charge >= 0.3 is 0 Å². The van der Waals surface area contributed by atoms with Crippen molar-refractivity contribution in [2.45, 2.75) is 11.4 Å². The normalized spacial score (nSPS) is 10.5. The van der Waals surface area contributed by atoms with Gasteiger partial charge < -0.3 is 4.90 Å². The van der Waals surface area contributed by atoms with E-state index < -0.39 is 0 Å². The summed E-state index contributed by atoms with van der Waals surface area (Å²) in [6.07, 6.45) is 1.99. The molecule has 0 aliphatic heterocycles. The Morgan fingerprint density at radius 1 is 1.42 bits per heavy atom. The van der Waals surface area contributed by atoms with Crippen LogP contribution >= 0.6 is 39.0 Å². The molecule has 0 saturated heterocycles. The Hall–Kier alpha value is -0.780. The van der Waals surface area contributed by atoms with Gasteiger partial charge in [0.15, 0.2) is 0 Å². The molecule has 2 nitrogen and oxygen atoms in total. The molecule has 1 heterocycles. The van der Waals surface area contributed by atoms with Crippen LogP contribution in [-0.4, -0.2) is 24.1 Å². The molecule has 0 bridgehead atoms. The number of amides is 1. The fraction of sp³-hybridized carbons (Fsp3) is 0.214. The van der Waals surface area contributed by atoms with Gasteiger partial charge in [0.25, 0.3) is 5.91 Å². The average molecular weight is 356 g/mol. The summed E-state index contributed by atoms with van der Waals surface area (Å²) in [5.74, 6) is 0.0643. The van der Waals surface area contributed by atoms with Gasteiger partial charge in [0.2, 0.25) is 0 Å². The second-order valence-electron chi connectivity index (χ2n) is 4.09. The highest BCUT2D eigenvalue weighted by Gasteiger charge is 2.15. The van der Waals surface area contributed by atoms with Crippen LogP contribution in [0, 0.1) is 0 Å². The number of carbonyl (C=O) groups excluding carboxylic acids is 1. The van der Waals surface area contributed by atoms with E-state index in [2.05, 4.69) is 22.0 Å². The van der Waals surface area contributed by atoms with Gasteiger partial charge in [-0.15, -0.1) is 23.1 Å². The molecule has 0 aliphatic carbocycles. The summed E-state index contributed by atoms with van der Waals surface area (Å²) >= 11 is 6.68. The molecule has 0 N–H and O–H groups in total. The first-order chi connectivity index (χ1) is 9.11. The molecule has 1 amide bonds. The number of hydrogen-bond donors (Lipinski definition) is 0. The van der Waals surface area contributed by atoms with Gasteiger partial charge in [0.1, 0.15) is 0 Å². The second kappa shape index (κ2) is 6.59. The molecule has 1 aromatic heterocycles. The highest BCUT2D eigenvalue weighted by atomic mass is 79.9. The zero-order chi connectivity index (χ0) is 13.8. The summed E-state index contributed by atoms with van der Waals surface area (Å²) in [6.45, 7) is 0.637. The number of rotatable bonds is 4. The van der Waals surface area contributed by atoms with E-state index in [1.807, 2.05) is 42.9 Å². The number of nitrogens with zero attached hydrogens (tertiary/aromatic N) is 1. The molecule has 0 fully saturated rings. The summed E-state index contributed by atoms with van der Waals surface area (Å²) in [6, 6.07) is 9.78. The van der Waals surface area contributed by atoms with Gasteiger partial charge in [-0.05, 0) is 40.4 Å². The van der Waals surface area contributed by atoms with Crippen molar-refractivity contribution in [2.24, 2.45) is 0 Å². The molecule has 1 aromatic carbocycles. The van der Waals surface area contributed by atoms with Crippen LogP contribution in [0.4, 0.5) is 0 Å². The zero-order valence-electron chi connectivity index (χ0n) is 10.7. The maximum atomic E-state index is 12.4. The highest BCUT2D eigenvalue weighted by Crippen LogP contribution is 2.24. The third kappa shape index (κ3) is 3.61. The zero-order valence-corrected chi connectivity index (χ0v) is 13.9. The number of halogens is 1. The average Bonchev–Trinajstić information content (AvgIpc) is 2.83. The molecule has 0 spiro atoms. The van der Waals surface area contributed by atoms with Crippen LogP contribution in [0.5, 0.6) is 0 Å². The van der Waals surface area contributed by atoms with E-state index >= 15 is 0 Å². The fourth-order valence-electron chi connectivity index (χ4n) is 1.77. The Balaban J connectivity index is 2.14. The van der Waals surface area contributed by atoms with Crippen molar-refractivity contribution >= 4 is 44.9 Å². The molecular weight excluding hydrogens is 342 g/mol. The first kappa shape index (κ1) is 14.6. The van der Waals surface area contributed by atoms with Crippen LogP contribution in [0.25, 0.3) is 0 Å². The van der Waals surface area contributed by atoms with Crippen molar-refractivity contribution in [2.75, 3.05) is 13.3 Å². The monoisotopic (exact) mass is 355 g/mol. The maximum absolute atomic E-state index is 12.4. The van der Waals surface area contributed by atoms with Crippen molar-refractivity contribution in [3.05, 3.63) is 50.6 Å². The summed E-state index contributed by atoms with van der Waals surface area (Å²) in [5, 5.41) is 2.03. The lowest BCUT2D eigenvalue weighted by molar-refractivity contribution is 0.0783. The molecule has 0 unspecified atom stereocenters. The third-order valence-electron chi connectivity index (χ3n) is 2.70. The van der Waals surface area contributed by atoms with Gasteiger partial charge in [-0.25, -0.2) is 0 Å². The highest BCUT2D eigenvalue weighted by molar-refractivity contribution is 9.10. The molecule has 2 aromatic rings. The van der Waals surface area contributed by atoms with Crippen LogP contribution in [0.2, 0.25) is 0 Å². The standard InChI is InChI=1S/C14H14BrNOS2/c1-16(8-11-7-10(15)9-19-11)14(17)12-5-3-4-6-13(12)18-2/h3-7,9H,8H2,1-2H3. The minimum Gasteiger partial charge on any atom is -0.337 e. The minimum absolute atomic E-state index is 0.0643. The van der Waals surface area contributed by atoms with Gasteiger partial charge in [-0.1, -0.05) is 12.1 Å². The topological polar surface area (TPSA) is 20.3 Å². The Bertz CT molecular complexity index is 582. The van der Waals surface area contributed by atoms with Crippen LogP contribution in [0.3, 0.4) is 0 Å². The lowest BCUT2D eigenvalue weighted by Crippen LogP contribution is -2.26. The Kier molecular flexibility index (Phi) is 5.07. The van der Waals surface area contributed by atoms with Crippen molar-refractivity contribution in [3.63, 3.8) is 0 Å². The summed E-state index contributed by atoms with van der Waals surface area (Å²) in [5.41, 5.74) is 0.771. The first-order valence-electron chi connectivity index (χ1n) is 5.73. The maximum Gasteiger partial charge on any atom is 0.255 e. The number of carbonyl (C=O) groups is 1. The molecule has 100 valence electrons. The van der Waals surface area contributed by atoms with E-state index in [-0.39, 0.29) is 5.91 Å². The van der Waals surface area contributed by atoms with Gasteiger partial charge in [-0.3, -0.25) is 4.79 Å². The smallest absolute Gasteiger partial charge is 0.255 e.